The van der Waals surface area contributed by atoms with Gasteiger partial charge in [0, 0.05) is 15.1 Å². The van der Waals surface area contributed by atoms with Gasteiger partial charge in [-0.25, -0.2) is 4.79 Å². The fourth-order valence-corrected chi connectivity index (χ4v) is 3.63. The van der Waals surface area contributed by atoms with E-state index in [-0.39, 0.29) is 0 Å². The number of carboxylic acids is 1. The van der Waals surface area contributed by atoms with Crippen LogP contribution in [0.5, 0.6) is 0 Å². The number of benzene rings is 2. The minimum atomic E-state index is -0.903. The summed E-state index contributed by atoms with van der Waals surface area (Å²) in [7, 11) is 0. The van der Waals surface area contributed by atoms with E-state index in [4.69, 9.17) is 5.11 Å². The number of thioether (sulfide) groups is 1. The third kappa shape index (κ3) is 3.64. The van der Waals surface area contributed by atoms with Gasteiger partial charge in [-0.2, -0.15) is 0 Å². The molecule has 2 aromatic rings. The van der Waals surface area contributed by atoms with Gasteiger partial charge in [0.25, 0.3) is 0 Å². The molecule has 0 aliphatic rings. The van der Waals surface area contributed by atoms with Crippen molar-refractivity contribution in [3.05, 3.63) is 63.1 Å². The van der Waals surface area contributed by atoms with Crippen molar-refractivity contribution in [1.82, 2.24) is 0 Å². The molecule has 0 fully saturated rings. The second-order valence-electron chi connectivity index (χ2n) is 4.67. The lowest BCUT2D eigenvalue weighted by Gasteiger charge is -2.08. The Balaban J connectivity index is 2.13. The summed E-state index contributed by atoms with van der Waals surface area (Å²) < 4.78 is 0.842. The third-order valence-electron chi connectivity index (χ3n) is 3.01. The largest absolute Gasteiger partial charge is 0.478 e. The number of rotatable bonds is 4. The van der Waals surface area contributed by atoms with Crippen LogP contribution in [-0.4, -0.2) is 11.1 Å². The minimum absolute atomic E-state index is 0.303. The maximum Gasteiger partial charge on any atom is 0.335 e. The molecule has 0 aliphatic carbocycles. The van der Waals surface area contributed by atoms with Crippen LogP contribution >= 0.6 is 27.7 Å². The summed E-state index contributed by atoms with van der Waals surface area (Å²) in [5.41, 5.74) is 3.93. The van der Waals surface area contributed by atoms with E-state index < -0.39 is 5.97 Å². The van der Waals surface area contributed by atoms with Crippen molar-refractivity contribution < 1.29 is 9.90 Å². The van der Waals surface area contributed by atoms with Crippen LogP contribution in [-0.2, 0) is 5.75 Å². The summed E-state index contributed by atoms with van der Waals surface area (Å²) in [6.07, 6.45) is 0. The molecule has 0 unspecified atom stereocenters. The minimum Gasteiger partial charge on any atom is -0.478 e. The van der Waals surface area contributed by atoms with Crippen LogP contribution in [0.15, 0.2) is 45.8 Å². The zero-order chi connectivity index (χ0) is 14.7. The van der Waals surface area contributed by atoms with E-state index in [0.29, 0.717) is 5.56 Å². The molecule has 20 heavy (non-hydrogen) atoms. The molecule has 2 rings (SSSR count). The van der Waals surface area contributed by atoms with E-state index in [1.54, 1.807) is 23.9 Å². The van der Waals surface area contributed by atoms with Gasteiger partial charge in [0.2, 0.25) is 0 Å². The molecule has 0 atom stereocenters. The van der Waals surface area contributed by atoms with Crippen molar-refractivity contribution in [3.8, 4) is 0 Å². The van der Waals surface area contributed by atoms with Gasteiger partial charge in [0.1, 0.15) is 0 Å². The van der Waals surface area contributed by atoms with Gasteiger partial charge < -0.3 is 5.11 Å². The van der Waals surface area contributed by atoms with Gasteiger partial charge in [-0.15, -0.1) is 11.8 Å². The van der Waals surface area contributed by atoms with Crippen LogP contribution in [0.2, 0.25) is 0 Å². The fraction of sp³-hybridized carbons (Fsp3) is 0.188. The normalized spacial score (nSPS) is 10.6. The molecule has 1 N–H and O–H groups in total. The van der Waals surface area contributed by atoms with E-state index in [2.05, 4.69) is 48.0 Å². The molecule has 0 saturated heterocycles. The molecule has 0 heterocycles. The smallest absolute Gasteiger partial charge is 0.335 e. The number of halogens is 1. The predicted molar refractivity (Wildman–Crippen MR) is 86.6 cm³/mol. The second kappa shape index (κ2) is 6.46. The summed E-state index contributed by atoms with van der Waals surface area (Å²) in [5.74, 6) is -0.0935. The van der Waals surface area contributed by atoms with Crippen LogP contribution in [0.3, 0.4) is 0 Å². The topological polar surface area (TPSA) is 37.3 Å². The Hall–Kier alpha value is -1.26. The molecule has 0 aliphatic heterocycles. The van der Waals surface area contributed by atoms with Gasteiger partial charge in [0.05, 0.1) is 5.56 Å². The molecule has 0 spiro atoms. The summed E-state index contributed by atoms with van der Waals surface area (Å²) in [5, 5.41) is 8.94. The molecule has 0 saturated carbocycles. The Kier molecular flexibility index (Phi) is 4.89. The second-order valence-corrected chi connectivity index (χ2v) is 6.54. The van der Waals surface area contributed by atoms with Crippen LogP contribution in [0, 0.1) is 13.8 Å². The first-order valence-electron chi connectivity index (χ1n) is 6.19. The predicted octanol–water partition coefficient (Wildman–Crippen LogP) is 5.06. The van der Waals surface area contributed by atoms with Gasteiger partial charge in [0.15, 0.2) is 0 Å². The van der Waals surface area contributed by atoms with Gasteiger partial charge in [-0.05, 0) is 43.2 Å². The van der Waals surface area contributed by atoms with E-state index in [1.807, 2.05) is 6.07 Å². The highest BCUT2D eigenvalue weighted by atomic mass is 79.9. The molecule has 0 aromatic heterocycles. The monoisotopic (exact) mass is 350 g/mol. The molecule has 4 heteroatoms. The highest BCUT2D eigenvalue weighted by Crippen LogP contribution is 2.30. The van der Waals surface area contributed by atoms with Crippen molar-refractivity contribution in [2.45, 2.75) is 24.5 Å². The first kappa shape index (κ1) is 15.1. The van der Waals surface area contributed by atoms with E-state index in [1.165, 1.54) is 16.0 Å². The van der Waals surface area contributed by atoms with E-state index in [0.717, 1.165) is 15.8 Å². The Bertz CT molecular complexity index is 653. The Labute approximate surface area is 131 Å². The maximum absolute atomic E-state index is 10.9. The Morgan fingerprint density at radius 3 is 2.55 bits per heavy atom. The molecular formula is C16H15BrO2S. The van der Waals surface area contributed by atoms with Crippen molar-refractivity contribution in [3.63, 3.8) is 0 Å². The third-order valence-corrected chi connectivity index (χ3v) is 4.98. The van der Waals surface area contributed by atoms with Gasteiger partial charge in [-0.1, -0.05) is 39.7 Å². The number of hydrogen-bond acceptors (Lipinski definition) is 2. The Morgan fingerprint density at radius 1 is 1.20 bits per heavy atom. The molecule has 2 aromatic carbocycles. The molecule has 0 amide bonds. The van der Waals surface area contributed by atoms with E-state index in [9.17, 15) is 4.79 Å². The average Bonchev–Trinajstić information content (AvgIpc) is 2.38. The van der Waals surface area contributed by atoms with Crippen LogP contribution in [0.25, 0.3) is 0 Å². The van der Waals surface area contributed by atoms with Crippen molar-refractivity contribution in [1.29, 1.82) is 0 Å². The highest BCUT2D eigenvalue weighted by Gasteiger charge is 2.08. The quantitative estimate of drug-likeness (QED) is 0.783. The van der Waals surface area contributed by atoms with Crippen molar-refractivity contribution in [2.75, 3.05) is 0 Å². The maximum atomic E-state index is 10.9. The standard InChI is InChI=1S/C16H15BrO2S/c1-10-3-6-15(11(2)7-10)20-9-13-5-4-12(16(18)19)8-14(13)17/h3-8H,9H2,1-2H3,(H,18,19). The molecular weight excluding hydrogens is 336 g/mol. The zero-order valence-electron chi connectivity index (χ0n) is 11.3. The number of carboxylic acid groups (broad SMARTS) is 1. The van der Waals surface area contributed by atoms with Crippen LogP contribution < -0.4 is 0 Å². The van der Waals surface area contributed by atoms with E-state index >= 15 is 0 Å². The van der Waals surface area contributed by atoms with Gasteiger partial charge >= 0.3 is 5.97 Å². The summed E-state index contributed by atoms with van der Waals surface area (Å²) in [6.45, 7) is 4.20. The molecule has 0 bridgehead atoms. The number of carbonyl (C=O) groups is 1. The van der Waals surface area contributed by atoms with Crippen LogP contribution in [0.4, 0.5) is 0 Å². The lowest BCUT2D eigenvalue weighted by molar-refractivity contribution is 0.0697. The molecule has 2 nitrogen and oxygen atoms in total. The lowest BCUT2D eigenvalue weighted by atomic mass is 10.1. The summed E-state index contributed by atoms with van der Waals surface area (Å²) >= 11 is 5.20. The molecule has 104 valence electrons. The molecule has 0 radical (unpaired) electrons. The Morgan fingerprint density at radius 2 is 1.95 bits per heavy atom. The highest BCUT2D eigenvalue weighted by molar-refractivity contribution is 9.10. The number of aromatic carboxylic acids is 1. The zero-order valence-corrected chi connectivity index (χ0v) is 13.7. The summed E-state index contributed by atoms with van der Waals surface area (Å²) in [4.78, 5) is 12.1. The first-order chi connectivity index (χ1) is 9.47. The number of aryl methyl sites for hydroxylation is 2. The summed E-state index contributed by atoms with van der Waals surface area (Å²) in [6, 6.07) is 11.6. The van der Waals surface area contributed by atoms with Gasteiger partial charge in [-0.3, -0.25) is 0 Å². The first-order valence-corrected chi connectivity index (χ1v) is 7.97. The van der Waals surface area contributed by atoms with Crippen molar-refractivity contribution >= 4 is 33.7 Å². The lowest BCUT2D eigenvalue weighted by Crippen LogP contribution is -1.97. The number of hydrogen-bond donors (Lipinski definition) is 1. The fourth-order valence-electron chi connectivity index (χ4n) is 1.91. The average molecular weight is 351 g/mol. The van der Waals surface area contributed by atoms with Crippen LogP contribution in [0.1, 0.15) is 27.0 Å². The van der Waals surface area contributed by atoms with Crippen molar-refractivity contribution in [2.24, 2.45) is 0 Å². The SMILES string of the molecule is Cc1ccc(SCc2ccc(C(=O)O)cc2Br)c(C)c1.